The second kappa shape index (κ2) is 5.02. The molecular formula is C11H24N2O2S. The zero-order valence-corrected chi connectivity index (χ0v) is 11.4. The van der Waals surface area contributed by atoms with Crippen molar-refractivity contribution >= 4 is 10.0 Å². The molecule has 1 saturated carbocycles. The number of nitrogens with two attached hydrogens (primary N) is 1. The van der Waals surface area contributed by atoms with Crippen molar-refractivity contribution in [2.45, 2.75) is 57.2 Å². The molecule has 0 unspecified atom stereocenters. The van der Waals surface area contributed by atoms with E-state index < -0.39 is 14.8 Å². The summed E-state index contributed by atoms with van der Waals surface area (Å²) >= 11 is 0. The molecule has 0 bridgehead atoms. The number of hydrogen-bond donors (Lipinski definition) is 1. The average Bonchev–Trinajstić information content (AvgIpc) is 2.06. The first-order chi connectivity index (χ1) is 7.30. The predicted octanol–water partition coefficient (Wildman–Crippen LogP) is 1.32. The van der Waals surface area contributed by atoms with Gasteiger partial charge >= 0.3 is 0 Å². The van der Waals surface area contributed by atoms with Crippen LogP contribution in [0.1, 0.15) is 46.5 Å². The minimum atomic E-state index is -3.19. The van der Waals surface area contributed by atoms with Gasteiger partial charge in [0.2, 0.25) is 10.0 Å². The standard InChI is InChI=1S/C11H24N2O2S/c1-11(2,3)16(14,15)13(9-5-8-12)10-6-4-7-10/h10H,4-9,12H2,1-3H3. The van der Waals surface area contributed by atoms with Crippen molar-refractivity contribution in [2.75, 3.05) is 13.1 Å². The molecule has 1 aliphatic rings. The summed E-state index contributed by atoms with van der Waals surface area (Å²) in [5.74, 6) is 0. The molecular weight excluding hydrogens is 224 g/mol. The average molecular weight is 248 g/mol. The third kappa shape index (κ3) is 2.76. The molecule has 0 aromatic carbocycles. The van der Waals surface area contributed by atoms with Gasteiger partial charge in [-0.05, 0) is 46.6 Å². The molecule has 5 heteroatoms. The van der Waals surface area contributed by atoms with E-state index in [1.165, 1.54) is 0 Å². The van der Waals surface area contributed by atoms with Crippen molar-refractivity contribution in [3.05, 3.63) is 0 Å². The normalized spacial score (nSPS) is 18.8. The number of rotatable bonds is 5. The highest BCUT2D eigenvalue weighted by Gasteiger charge is 2.40. The highest BCUT2D eigenvalue weighted by Crippen LogP contribution is 2.31. The van der Waals surface area contributed by atoms with Crippen LogP contribution in [0.2, 0.25) is 0 Å². The van der Waals surface area contributed by atoms with Gasteiger partial charge < -0.3 is 5.73 Å². The van der Waals surface area contributed by atoms with E-state index in [9.17, 15) is 8.42 Å². The molecule has 0 heterocycles. The van der Waals surface area contributed by atoms with E-state index in [1.54, 1.807) is 25.1 Å². The molecule has 96 valence electrons. The van der Waals surface area contributed by atoms with E-state index in [0.29, 0.717) is 13.1 Å². The van der Waals surface area contributed by atoms with E-state index in [2.05, 4.69) is 0 Å². The van der Waals surface area contributed by atoms with E-state index >= 15 is 0 Å². The van der Waals surface area contributed by atoms with Crippen LogP contribution in [0.3, 0.4) is 0 Å². The van der Waals surface area contributed by atoms with Crippen LogP contribution in [0.25, 0.3) is 0 Å². The van der Waals surface area contributed by atoms with Crippen LogP contribution in [0, 0.1) is 0 Å². The van der Waals surface area contributed by atoms with E-state index in [-0.39, 0.29) is 6.04 Å². The Hall–Kier alpha value is -0.130. The highest BCUT2D eigenvalue weighted by molar-refractivity contribution is 7.90. The Balaban J connectivity index is 2.83. The van der Waals surface area contributed by atoms with Crippen LogP contribution in [-0.2, 0) is 10.0 Å². The third-order valence-electron chi connectivity index (χ3n) is 3.15. The van der Waals surface area contributed by atoms with E-state index in [4.69, 9.17) is 5.73 Å². The number of sulfonamides is 1. The lowest BCUT2D eigenvalue weighted by atomic mass is 9.93. The van der Waals surface area contributed by atoms with Crippen molar-refractivity contribution in [3.63, 3.8) is 0 Å². The van der Waals surface area contributed by atoms with Gasteiger partial charge in [0.05, 0.1) is 4.75 Å². The van der Waals surface area contributed by atoms with Gasteiger partial charge in [-0.15, -0.1) is 0 Å². The Morgan fingerprint density at radius 2 is 1.88 bits per heavy atom. The van der Waals surface area contributed by atoms with Gasteiger partial charge in [-0.3, -0.25) is 0 Å². The van der Waals surface area contributed by atoms with Gasteiger partial charge in [0.15, 0.2) is 0 Å². The molecule has 1 fully saturated rings. The molecule has 2 N–H and O–H groups in total. The maximum absolute atomic E-state index is 12.4. The largest absolute Gasteiger partial charge is 0.330 e. The number of hydrogen-bond acceptors (Lipinski definition) is 3. The Kier molecular flexibility index (Phi) is 4.37. The fourth-order valence-electron chi connectivity index (χ4n) is 1.77. The topological polar surface area (TPSA) is 63.4 Å². The fourth-order valence-corrected chi connectivity index (χ4v) is 3.45. The first kappa shape index (κ1) is 13.9. The molecule has 0 spiro atoms. The monoisotopic (exact) mass is 248 g/mol. The van der Waals surface area contributed by atoms with Crippen LogP contribution in [0.4, 0.5) is 0 Å². The Morgan fingerprint density at radius 3 is 2.19 bits per heavy atom. The summed E-state index contributed by atoms with van der Waals surface area (Å²) in [4.78, 5) is 0. The molecule has 0 radical (unpaired) electrons. The van der Waals surface area contributed by atoms with Crippen LogP contribution < -0.4 is 5.73 Å². The van der Waals surface area contributed by atoms with Crippen LogP contribution in [0.5, 0.6) is 0 Å². The molecule has 0 aromatic heterocycles. The molecule has 0 aliphatic heterocycles. The SMILES string of the molecule is CC(C)(C)S(=O)(=O)N(CCCN)C1CCC1. The van der Waals surface area contributed by atoms with Crippen LogP contribution in [-0.4, -0.2) is 36.6 Å². The van der Waals surface area contributed by atoms with Crippen molar-refractivity contribution in [1.82, 2.24) is 4.31 Å². The fraction of sp³-hybridized carbons (Fsp3) is 1.00. The van der Waals surface area contributed by atoms with Gasteiger partial charge in [0.25, 0.3) is 0 Å². The molecule has 0 amide bonds. The Morgan fingerprint density at radius 1 is 1.31 bits per heavy atom. The predicted molar refractivity (Wildman–Crippen MR) is 66.7 cm³/mol. The summed E-state index contributed by atoms with van der Waals surface area (Å²) in [6.07, 6.45) is 3.88. The van der Waals surface area contributed by atoms with E-state index in [0.717, 1.165) is 25.7 Å². The summed E-state index contributed by atoms with van der Waals surface area (Å²) < 4.78 is 25.7. The Bertz CT molecular complexity index is 315. The summed E-state index contributed by atoms with van der Waals surface area (Å²) in [5.41, 5.74) is 5.47. The zero-order valence-electron chi connectivity index (χ0n) is 10.6. The van der Waals surface area contributed by atoms with Gasteiger partial charge in [0, 0.05) is 12.6 Å². The quantitative estimate of drug-likeness (QED) is 0.798. The number of nitrogens with zero attached hydrogens (tertiary/aromatic N) is 1. The first-order valence-electron chi connectivity index (χ1n) is 6.02. The van der Waals surface area contributed by atoms with Crippen LogP contribution in [0.15, 0.2) is 0 Å². The summed E-state index contributed by atoms with van der Waals surface area (Å²) in [6, 6.07) is 0.218. The summed E-state index contributed by atoms with van der Waals surface area (Å²) in [5, 5.41) is 0. The highest BCUT2D eigenvalue weighted by atomic mass is 32.2. The van der Waals surface area contributed by atoms with Gasteiger partial charge in [-0.1, -0.05) is 6.42 Å². The molecule has 1 aliphatic carbocycles. The molecule has 0 aromatic rings. The van der Waals surface area contributed by atoms with Gasteiger partial charge in [-0.25, -0.2) is 8.42 Å². The maximum Gasteiger partial charge on any atom is 0.219 e. The minimum Gasteiger partial charge on any atom is -0.330 e. The molecule has 0 atom stereocenters. The third-order valence-corrected chi connectivity index (χ3v) is 5.79. The molecule has 0 saturated heterocycles. The first-order valence-corrected chi connectivity index (χ1v) is 7.46. The minimum absolute atomic E-state index is 0.218. The van der Waals surface area contributed by atoms with Crippen molar-refractivity contribution in [3.8, 4) is 0 Å². The smallest absolute Gasteiger partial charge is 0.219 e. The lowest BCUT2D eigenvalue weighted by molar-refractivity contribution is 0.214. The van der Waals surface area contributed by atoms with Crippen molar-refractivity contribution < 1.29 is 8.42 Å². The van der Waals surface area contributed by atoms with Crippen molar-refractivity contribution in [1.29, 1.82) is 0 Å². The Labute approximate surface area is 99.2 Å². The van der Waals surface area contributed by atoms with Gasteiger partial charge in [-0.2, -0.15) is 4.31 Å². The molecule has 1 rings (SSSR count). The summed E-state index contributed by atoms with van der Waals surface area (Å²) in [7, 11) is -3.19. The molecule has 16 heavy (non-hydrogen) atoms. The zero-order chi connectivity index (χ0) is 12.4. The second-order valence-corrected chi connectivity index (χ2v) is 8.10. The second-order valence-electron chi connectivity index (χ2n) is 5.46. The lowest BCUT2D eigenvalue weighted by Crippen LogP contribution is -2.51. The summed E-state index contributed by atoms with van der Waals surface area (Å²) in [6.45, 7) is 6.40. The van der Waals surface area contributed by atoms with Crippen molar-refractivity contribution in [2.24, 2.45) is 5.73 Å². The van der Waals surface area contributed by atoms with Crippen LogP contribution >= 0.6 is 0 Å². The molecule has 4 nitrogen and oxygen atoms in total. The van der Waals surface area contributed by atoms with E-state index in [1.807, 2.05) is 0 Å². The maximum atomic E-state index is 12.4. The lowest BCUT2D eigenvalue weighted by Gasteiger charge is -2.40. The van der Waals surface area contributed by atoms with Gasteiger partial charge in [0.1, 0.15) is 0 Å².